The molecular formula is C10H14Cl2N2O. The van der Waals surface area contributed by atoms with Crippen LogP contribution in [0.2, 0.25) is 10.0 Å². The van der Waals surface area contributed by atoms with Gasteiger partial charge in [-0.15, -0.1) is 0 Å². The standard InChI is InChI=1S/C10H14Cl2N2O/c1-7(3-4-15-2)14-10-9(12)5-8(11)6-13-10/h5-7H,3-4H2,1-2H3,(H,13,14). The minimum Gasteiger partial charge on any atom is -0.385 e. The summed E-state index contributed by atoms with van der Waals surface area (Å²) in [6, 6.07) is 1.93. The van der Waals surface area contributed by atoms with Gasteiger partial charge in [0.25, 0.3) is 0 Å². The fourth-order valence-corrected chi connectivity index (χ4v) is 1.56. The van der Waals surface area contributed by atoms with Gasteiger partial charge in [0.05, 0.1) is 10.0 Å². The third-order valence-corrected chi connectivity index (χ3v) is 2.44. The van der Waals surface area contributed by atoms with E-state index < -0.39 is 0 Å². The van der Waals surface area contributed by atoms with Crippen LogP contribution in [0.15, 0.2) is 12.3 Å². The minimum atomic E-state index is 0.260. The molecule has 0 spiro atoms. The zero-order chi connectivity index (χ0) is 11.3. The van der Waals surface area contributed by atoms with E-state index >= 15 is 0 Å². The van der Waals surface area contributed by atoms with Gasteiger partial charge >= 0.3 is 0 Å². The molecular weight excluding hydrogens is 235 g/mol. The summed E-state index contributed by atoms with van der Waals surface area (Å²) in [5.74, 6) is 0.657. The Labute approximate surface area is 99.7 Å². The summed E-state index contributed by atoms with van der Waals surface area (Å²) >= 11 is 11.7. The van der Waals surface area contributed by atoms with E-state index in [0.717, 1.165) is 6.42 Å². The van der Waals surface area contributed by atoms with E-state index in [-0.39, 0.29) is 6.04 Å². The SMILES string of the molecule is COCCC(C)Nc1ncc(Cl)cc1Cl. The van der Waals surface area contributed by atoms with E-state index in [2.05, 4.69) is 10.3 Å². The zero-order valence-corrected chi connectivity index (χ0v) is 10.3. The number of aromatic nitrogens is 1. The second-order valence-electron chi connectivity index (χ2n) is 3.31. The van der Waals surface area contributed by atoms with E-state index in [1.807, 2.05) is 6.92 Å². The Balaban J connectivity index is 2.56. The summed E-state index contributed by atoms with van der Waals surface area (Å²) in [4.78, 5) is 4.11. The third-order valence-electron chi connectivity index (χ3n) is 1.95. The van der Waals surface area contributed by atoms with Gasteiger partial charge in [-0.2, -0.15) is 0 Å². The Morgan fingerprint density at radius 3 is 2.87 bits per heavy atom. The number of nitrogens with zero attached hydrogens (tertiary/aromatic N) is 1. The summed E-state index contributed by atoms with van der Waals surface area (Å²) in [5.41, 5.74) is 0. The van der Waals surface area contributed by atoms with E-state index in [0.29, 0.717) is 22.5 Å². The van der Waals surface area contributed by atoms with Crippen LogP contribution in [0.1, 0.15) is 13.3 Å². The highest BCUT2D eigenvalue weighted by Gasteiger charge is 2.06. The zero-order valence-electron chi connectivity index (χ0n) is 8.76. The summed E-state index contributed by atoms with van der Waals surface area (Å²) in [5, 5.41) is 4.26. The van der Waals surface area contributed by atoms with Crippen LogP contribution >= 0.6 is 23.2 Å². The Kier molecular flexibility index (Phi) is 5.15. The summed E-state index contributed by atoms with van der Waals surface area (Å²) in [6.07, 6.45) is 2.47. The molecule has 0 aliphatic heterocycles. The van der Waals surface area contributed by atoms with Crippen LogP contribution in [0.4, 0.5) is 5.82 Å². The number of methoxy groups -OCH3 is 1. The van der Waals surface area contributed by atoms with Gasteiger partial charge in [0.15, 0.2) is 0 Å². The van der Waals surface area contributed by atoms with Gasteiger partial charge in [-0.05, 0) is 19.4 Å². The lowest BCUT2D eigenvalue weighted by Gasteiger charge is -2.14. The van der Waals surface area contributed by atoms with Crippen LogP contribution < -0.4 is 5.32 Å². The summed E-state index contributed by atoms with van der Waals surface area (Å²) < 4.78 is 4.99. The van der Waals surface area contributed by atoms with E-state index in [9.17, 15) is 0 Å². The molecule has 1 aromatic heterocycles. The Morgan fingerprint density at radius 1 is 1.53 bits per heavy atom. The van der Waals surface area contributed by atoms with Crippen LogP contribution in [0.25, 0.3) is 0 Å². The predicted octanol–water partition coefficient (Wildman–Crippen LogP) is 3.23. The Morgan fingerprint density at radius 2 is 2.27 bits per heavy atom. The van der Waals surface area contributed by atoms with Crippen LogP contribution in [0, 0.1) is 0 Å². The number of pyridine rings is 1. The average Bonchev–Trinajstić information content (AvgIpc) is 2.19. The van der Waals surface area contributed by atoms with Crippen LogP contribution in [0.3, 0.4) is 0 Å². The molecule has 84 valence electrons. The van der Waals surface area contributed by atoms with E-state index in [1.54, 1.807) is 19.4 Å². The molecule has 1 N–H and O–H groups in total. The van der Waals surface area contributed by atoms with Crippen molar-refractivity contribution in [1.29, 1.82) is 0 Å². The first kappa shape index (κ1) is 12.6. The van der Waals surface area contributed by atoms with Gasteiger partial charge in [0, 0.05) is 26.0 Å². The van der Waals surface area contributed by atoms with Crippen LogP contribution in [0.5, 0.6) is 0 Å². The topological polar surface area (TPSA) is 34.1 Å². The molecule has 0 aromatic carbocycles. The normalized spacial score (nSPS) is 12.5. The molecule has 3 nitrogen and oxygen atoms in total. The van der Waals surface area contributed by atoms with Gasteiger partial charge in [-0.25, -0.2) is 4.98 Å². The van der Waals surface area contributed by atoms with Crippen molar-refractivity contribution >= 4 is 29.0 Å². The van der Waals surface area contributed by atoms with Crippen molar-refractivity contribution in [2.45, 2.75) is 19.4 Å². The molecule has 0 saturated heterocycles. The molecule has 1 aromatic rings. The van der Waals surface area contributed by atoms with Gasteiger partial charge < -0.3 is 10.1 Å². The van der Waals surface area contributed by atoms with Gasteiger partial charge in [-0.1, -0.05) is 23.2 Å². The largest absolute Gasteiger partial charge is 0.385 e. The second-order valence-corrected chi connectivity index (χ2v) is 4.15. The second kappa shape index (κ2) is 6.16. The third kappa shape index (κ3) is 4.24. The fourth-order valence-electron chi connectivity index (χ4n) is 1.12. The number of halogens is 2. The lowest BCUT2D eigenvalue weighted by Crippen LogP contribution is -2.18. The molecule has 1 unspecified atom stereocenters. The molecule has 0 amide bonds. The van der Waals surface area contributed by atoms with Crippen molar-refractivity contribution in [3.8, 4) is 0 Å². The molecule has 1 rings (SSSR count). The maximum absolute atomic E-state index is 5.97. The lowest BCUT2D eigenvalue weighted by atomic mass is 10.2. The monoisotopic (exact) mass is 248 g/mol. The van der Waals surface area contributed by atoms with Gasteiger partial charge in [0.1, 0.15) is 5.82 Å². The van der Waals surface area contributed by atoms with E-state index in [1.165, 1.54) is 0 Å². The fraction of sp³-hybridized carbons (Fsp3) is 0.500. The highest BCUT2D eigenvalue weighted by atomic mass is 35.5. The van der Waals surface area contributed by atoms with Crippen molar-refractivity contribution in [1.82, 2.24) is 4.98 Å². The molecule has 0 fully saturated rings. The maximum Gasteiger partial charge on any atom is 0.145 e. The van der Waals surface area contributed by atoms with Gasteiger partial charge in [0.2, 0.25) is 0 Å². The number of nitrogens with one attached hydrogen (secondary N) is 1. The van der Waals surface area contributed by atoms with Gasteiger partial charge in [-0.3, -0.25) is 0 Å². The molecule has 15 heavy (non-hydrogen) atoms. The van der Waals surface area contributed by atoms with Crippen molar-refractivity contribution < 1.29 is 4.74 Å². The highest BCUT2D eigenvalue weighted by Crippen LogP contribution is 2.23. The number of hydrogen-bond acceptors (Lipinski definition) is 3. The molecule has 0 aliphatic carbocycles. The van der Waals surface area contributed by atoms with E-state index in [4.69, 9.17) is 27.9 Å². The van der Waals surface area contributed by atoms with Crippen molar-refractivity contribution in [2.24, 2.45) is 0 Å². The van der Waals surface area contributed by atoms with Crippen molar-refractivity contribution in [3.05, 3.63) is 22.3 Å². The molecule has 5 heteroatoms. The van der Waals surface area contributed by atoms with Crippen LogP contribution in [-0.2, 0) is 4.74 Å². The van der Waals surface area contributed by atoms with Crippen LogP contribution in [-0.4, -0.2) is 24.7 Å². The Bertz CT molecular complexity index is 320. The van der Waals surface area contributed by atoms with Crippen molar-refractivity contribution in [2.75, 3.05) is 19.0 Å². The maximum atomic E-state index is 5.97. The predicted molar refractivity (Wildman–Crippen MR) is 63.8 cm³/mol. The number of rotatable bonds is 5. The first-order valence-corrected chi connectivity index (χ1v) is 5.45. The highest BCUT2D eigenvalue weighted by molar-refractivity contribution is 6.35. The Hall–Kier alpha value is -0.510. The first-order valence-electron chi connectivity index (χ1n) is 4.70. The lowest BCUT2D eigenvalue weighted by molar-refractivity contribution is 0.191. The quantitative estimate of drug-likeness (QED) is 0.869. The number of hydrogen-bond donors (Lipinski definition) is 1. The molecule has 0 bridgehead atoms. The molecule has 0 radical (unpaired) electrons. The minimum absolute atomic E-state index is 0.260. The molecule has 0 aliphatic rings. The molecule has 0 saturated carbocycles. The number of ether oxygens (including phenoxy) is 1. The first-order chi connectivity index (χ1) is 7.13. The summed E-state index contributed by atoms with van der Waals surface area (Å²) in [7, 11) is 1.68. The smallest absolute Gasteiger partial charge is 0.145 e. The summed E-state index contributed by atoms with van der Waals surface area (Å²) in [6.45, 7) is 2.75. The molecule has 1 heterocycles. The number of anilines is 1. The average molecular weight is 249 g/mol. The molecule has 1 atom stereocenters. The van der Waals surface area contributed by atoms with Crippen molar-refractivity contribution in [3.63, 3.8) is 0 Å².